The van der Waals surface area contributed by atoms with Crippen LogP contribution >= 0.6 is 0 Å². The van der Waals surface area contributed by atoms with E-state index in [-0.39, 0.29) is 5.91 Å². The molecule has 0 spiro atoms. The van der Waals surface area contributed by atoms with Crippen LogP contribution in [0.25, 0.3) is 0 Å². The van der Waals surface area contributed by atoms with Crippen molar-refractivity contribution in [2.75, 3.05) is 11.9 Å². The largest absolute Gasteiger partial charge is 0.494 e. The lowest BCUT2D eigenvalue weighted by Gasteiger charge is -2.13. The van der Waals surface area contributed by atoms with Gasteiger partial charge in [-0.1, -0.05) is 24.3 Å². The Morgan fingerprint density at radius 2 is 1.71 bits per heavy atom. The monoisotopic (exact) mass is 414 g/mol. The molecule has 1 N–H and O–H groups in total. The fraction of sp³-hybridized carbons (Fsp3) is 0.125. The van der Waals surface area contributed by atoms with Crippen LogP contribution in [0.5, 0.6) is 17.2 Å². The van der Waals surface area contributed by atoms with Gasteiger partial charge >= 0.3 is 0 Å². The summed E-state index contributed by atoms with van der Waals surface area (Å²) in [5.74, 6) is 1.78. The third-order valence-electron chi connectivity index (χ3n) is 4.53. The van der Waals surface area contributed by atoms with Gasteiger partial charge in [0.1, 0.15) is 24.2 Å². The first kappa shape index (κ1) is 20.2. The fourth-order valence-electron chi connectivity index (χ4n) is 3.01. The Kier molecular flexibility index (Phi) is 6.23. The molecule has 0 bridgehead atoms. The maximum absolute atomic E-state index is 12.8. The van der Waals surface area contributed by atoms with Crippen molar-refractivity contribution in [2.24, 2.45) is 0 Å². The molecule has 0 aliphatic heterocycles. The number of hydrogen-bond donors (Lipinski definition) is 1. The molecule has 3 aromatic carbocycles. The van der Waals surface area contributed by atoms with Crippen LogP contribution < -0.4 is 14.8 Å². The lowest BCUT2D eigenvalue weighted by molar-refractivity contribution is 0.102. The number of carbonyl (C=O) groups excluding carboxylic acids is 1. The molecule has 7 nitrogen and oxygen atoms in total. The molecule has 1 aromatic heterocycles. The number of rotatable bonds is 8. The summed E-state index contributed by atoms with van der Waals surface area (Å²) in [6, 6.07) is 22.1. The maximum atomic E-state index is 12.8. The minimum Gasteiger partial charge on any atom is -0.494 e. The Morgan fingerprint density at radius 3 is 2.42 bits per heavy atom. The van der Waals surface area contributed by atoms with Crippen molar-refractivity contribution in [1.82, 2.24) is 14.8 Å². The molecule has 1 heterocycles. The summed E-state index contributed by atoms with van der Waals surface area (Å²) in [5, 5.41) is 7.02. The third kappa shape index (κ3) is 5.27. The van der Waals surface area contributed by atoms with Crippen LogP contribution in [0.3, 0.4) is 0 Å². The van der Waals surface area contributed by atoms with E-state index in [0.717, 1.165) is 11.3 Å². The highest BCUT2D eigenvalue weighted by atomic mass is 16.5. The number of nitrogens with zero attached hydrogens (tertiary/aromatic N) is 3. The smallest absolute Gasteiger partial charge is 0.255 e. The molecule has 0 saturated heterocycles. The molecule has 0 aliphatic rings. The predicted octanol–water partition coefficient (Wildman–Crippen LogP) is 4.77. The van der Waals surface area contributed by atoms with Crippen LogP contribution in [-0.2, 0) is 6.54 Å². The minimum atomic E-state index is -0.213. The number of anilines is 1. The van der Waals surface area contributed by atoms with E-state index in [2.05, 4.69) is 15.4 Å². The highest BCUT2D eigenvalue weighted by Gasteiger charge is 2.11. The summed E-state index contributed by atoms with van der Waals surface area (Å²) in [5.41, 5.74) is 2.17. The molecule has 0 fully saturated rings. The fourth-order valence-corrected chi connectivity index (χ4v) is 3.01. The first-order chi connectivity index (χ1) is 15.2. The quantitative estimate of drug-likeness (QED) is 0.449. The van der Waals surface area contributed by atoms with Crippen molar-refractivity contribution in [3.8, 4) is 17.2 Å². The minimum absolute atomic E-state index is 0.213. The van der Waals surface area contributed by atoms with Crippen molar-refractivity contribution in [3.63, 3.8) is 0 Å². The molecule has 0 unspecified atom stereocenters. The number of nitrogens with one attached hydrogen (secondary N) is 1. The number of carbonyl (C=O) groups is 1. The zero-order valence-corrected chi connectivity index (χ0v) is 17.1. The molecule has 1 amide bonds. The summed E-state index contributed by atoms with van der Waals surface area (Å²) in [6.45, 7) is 3.14. The van der Waals surface area contributed by atoms with Gasteiger partial charge in [0.25, 0.3) is 5.91 Å². The SMILES string of the molecule is CCOc1ccc(Oc2ccccc2NC(=O)c2ccc(Cn3cncn3)cc2)cc1. The van der Waals surface area contributed by atoms with Gasteiger partial charge in [-0.15, -0.1) is 0 Å². The van der Waals surface area contributed by atoms with Crippen molar-refractivity contribution in [2.45, 2.75) is 13.5 Å². The number of aromatic nitrogens is 3. The van der Waals surface area contributed by atoms with Crippen LogP contribution in [0.4, 0.5) is 5.69 Å². The molecule has 0 aliphatic carbocycles. The van der Waals surface area contributed by atoms with Gasteiger partial charge < -0.3 is 14.8 Å². The summed E-state index contributed by atoms with van der Waals surface area (Å²) >= 11 is 0. The molecular formula is C24H22N4O3. The molecule has 4 rings (SSSR count). The Morgan fingerprint density at radius 1 is 0.968 bits per heavy atom. The van der Waals surface area contributed by atoms with E-state index in [1.165, 1.54) is 6.33 Å². The van der Waals surface area contributed by atoms with Crippen molar-refractivity contribution in [1.29, 1.82) is 0 Å². The molecule has 4 aromatic rings. The van der Waals surface area contributed by atoms with E-state index < -0.39 is 0 Å². The number of benzene rings is 3. The number of hydrogen-bond acceptors (Lipinski definition) is 5. The van der Waals surface area contributed by atoms with Gasteiger partial charge in [-0.25, -0.2) is 9.67 Å². The van der Waals surface area contributed by atoms with E-state index in [1.54, 1.807) is 29.2 Å². The molecule has 0 radical (unpaired) electrons. The highest BCUT2D eigenvalue weighted by Crippen LogP contribution is 2.30. The van der Waals surface area contributed by atoms with E-state index in [9.17, 15) is 4.79 Å². The topological polar surface area (TPSA) is 78.3 Å². The van der Waals surface area contributed by atoms with Crippen LogP contribution in [0, 0.1) is 0 Å². The van der Waals surface area contributed by atoms with Gasteiger partial charge in [-0.2, -0.15) is 5.10 Å². The zero-order chi connectivity index (χ0) is 21.5. The second-order valence-electron chi connectivity index (χ2n) is 6.75. The summed E-state index contributed by atoms with van der Waals surface area (Å²) in [6.07, 6.45) is 3.15. The second-order valence-corrected chi connectivity index (χ2v) is 6.75. The summed E-state index contributed by atoms with van der Waals surface area (Å²) < 4.78 is 13.2. The Bertz CT molecular complexity index is 1120. The molecule has 0 saturated carbocycles. The molecule has 31 heavy (non-hydrogen) atoms. The first-order valence-corrected chi connectivity index (χ1v) is 9.93. The first-order valence-electron chi connectivity index (χ1n) is 9.93. The van der Waals surface area contributed by atoms with Crippen LogP contribution in [-0.4, -0.2) is 27.3 Å². The average Bonchev–Trinajstić information content (AvgIpc) is 3.30. The zero-order valence-electron chi connectivity index (χ0n) is 17.1. The summed E-state index contributed by atoms with van der Waals surface area (Å²) in [7, 11) is 0. The Balaban J connectivity index is 1.43. The maximum Gasteiger partial charge on any atom is 0.255 e. The van der Waals surface area contributed by atoms with Gasteiger partial charge in [0.15, 0.2) is 5.75 Å². The van der Waals surface area contributed by atoms with Crippen molar-refractivity contribution >= 4 is 11.6 Å². The van der Waals surface area contributed by atoms with E-state index >= 15 is 0 Å². The van der Waals surface area contributed by atoms with Crippen LogP contribution in [0.15, 0.2) is 85.5 Å². The van der Waals surface area contributed by atoms with Gasteiger partial charge in [0.2, 0.25) is 0 Å². The number of amides is 1. The Hall–Kier alpha value is -4.13. The number of ether oxygens (including phenoxy) is 2. The van der Waals surface area contributed by atoms with Crippen LogP contribution in [0.2, 0.25) is 0 Å². The van der Waals surface area contributed by atoms with Crippen molar-refractivity contribution in [3.05, 3.63) is 96.6 Å². The lowest BCUT2D eigenvalue weighted by Crippen LogP contribution is -2.12. The second kappa shape index (κ2) is 9.58. The summed E-state index contributed by atoms with van der Waals surface area (Å²) in [4.78, 5) is 16.7. The van der Waals surface area contributed by atoms with Crippen LogP contribution in [0.1, 0.15) is 22.8 Å². The average molecular weight is 414 g/mol. The molecule has 156 valence electrons. The highest BCUT2D eigenvalue weighted by molar-refractivity contribution is 6.05. The number of para-hydroxylation sites is 2. The van der Waals surface area contributed by atoms with E-state index in [4.69, 9.17) is 9.47 Å². The normalized spacial score (nSPS) is 10.5. The lowest BCUT2D eigenvalue weighted by atomic mass is 10.1. The Labute approximate surface area is 180 Å². The standard InChI is InChI=1S/C24H22N4O3/c1-2-30-20-11-13-21(14-12-20)31-23-6-4-3-5-22(23)27-24(29)19-9-7-18(8-10-19)15-28-17-25-16-26-28/h3-14,16-17H,2,15H2,1H3,(H,27,29). The van der Waals surface area contributed by atoms with Crippen molar-refractivity contribution < 1.29 is 14.3 Å². The van der Waals surface area contributed by atoms with Gasteiger partial charge in [-0.3, -0.25) is 4.79 Å². The molecule has 0 atom stereocenters. The van der Waals surface area contributed by atoms with Gasteiger partial charge in [-0.05, 0) is 61.0 Å². The van der Waals surface area contributed by atoms with E-state index in [1.807, 2.05) is 61.5 Å². The van der Waals surface area contributed by atoms with E-state index in [0.29, 0.717) is 35.9 Å². The van der Waals surface area contributed by atoms with Gasteiger partial charge in [0.05, 0.1) is 18.8 Å². The predicted molar refractivity (Wildman–Crippen MR) is 118 cm³/mol. The molecular weight excluding hydrogens is 392 g/mol. The third-order valence-corrected chi connectivity index (χ3v) is 4.53. The molecule has 7 heteroatoms. The van der Waals surface area contributed by atoms with Gasteiger partial charge in [0, 0.05) is 5.56 Å².